The first-order valence-electron chi connectivity index (χ1n) is 5.69. The van der Waals surface area contributed by atoms with E-state index in [2.05, 4.69) is 0 Å². The summed E-state index contributed by atoms with van der Waals surface area (Å²) in [4.78, 5) is 24.6. The van der Waals surface area contributed by atoms with Crippen LogP contribution in [0.1, 0.15) is 18.4 Å². The summed E-state index contributed by atoms with van der Waals surface area (Å²) in [5, 5.41) is 0. The van der Waals surface area contributed by atoms with Crippen LogP contribution in [-0.2, 0) is 16.0 Å². The summed E-state index contributed by atoms with van der Waals surface area (Å²) in [5.41, 5.74) is 0.673. The van der Waals surface area contributed by atoms with Gasteiger partial charge in [0.2, 0.25) is 5.91 Å². The summed E-state index contributed by atoms with van der Waals surface area (Å²) in [6.07, 6.45) is 1.08. The van der Waals surface area contributed by atoms with Gasteiger partial charge in [-0.2, -0.15) is 0 Å². The summed E-state index contributed by atoms with van der Waals surface area (Å²) in [5.74, 6) is -0.160. The minimum absolute atomic E-state index is 0.0388. The van der Waals surface area contributed by atoms with Crippen molar-refractivity contribution in [3.05, 3.63) is 35.6 Å². The summed E-state index contributed by atoms with van der Waals surface area (Å²) in [6, 6.07) is 6.05. The van der Waals surface area contributed by atoms with E-state index in [0.717, 1.165) is 0 Å². The Morgan fingerprint density at radius 3 is 2.65 bits per heavy atom. The van der Waals surface area contributed by atoms with Gasteiger partial charge in [-0.1, -0.05) is 12.1 Å². The molecule has 4 heteroatoms. The Morgan fingerprint density at radius 1 is 1.29 bits per heavy atom. The van der Waals surface area contributed by atoms with Crippen LogP contribution in [0.15, 0.2) is 24.3 Å². The van der Waals surface area contributed by atoms with Crippen molar-refractivity contribution in [1.29, 1.82) is 0 Å². The fourth-order valence-electron chi connectivity index (χ4n) is 1.94. The normalized spacial score (nSPS) is 16.1. The predicted molar refractivity (Wildman–Crippen MR) is 60.9 cm³/mol. The molecule has 2 rings (SSSR count). The number of amides is 1. The molecule has 1 aliphatic rings. The van der Waals surface area contributed by atoms with Crippen LogP contribution in [0.2, 0.25) is 0 Å². The van der Waals surface area contributed by atoms with E-state index in [4.69, 9.17) is 0 Å². The first kappa shape index (κ1) is 11.8. The second kappa shape index (κ2) is 5.08. The number of rotatable bonds is 2. The van der Waals surface area contributed by atoms with E-state index in [1.807, 2.05) is 0 Å². The average molecular weight is 235 g/mol. The Hall–Kier alpha value is -1.71. The van der Waals surface area contributed by atoms with Gasteiger partial charge in [-0.05, 0) is 17.7 Å². The number of carbonyl (C=O) groups is 2. The first-order valence-corrected chi connectivity index (χ1v) is 5.69. The van der Waals surface area contributed by atoms with Crippen LogP contribution in [0.3, 0.4) is 0 Å². The van der Waals surface area contributed by atoms with Gasteiger partial charge in [0.05, 0.1) is 6.42 Å². The zero-order valence-electron chi connectivity index (χ0n) is 9.49. The van der Waals surface area contributed by atoms with Gasteiger partial charge in [-0.15, -0.1) is 0 Å². The van der Waals surface area contributed by atoms with E-state index in [9.17, 15) is 14.0 Å². The zero-order chi connectivity index (χ0) is 12.3. The number of halogens is 1. The molecule has 0 spiro atoms. The molecule has 0 N–H and O–H groups in total. The first-order chi connectivity index (χ1) is 8.15. The Kier molecular flexibility index (Phi) is 3.52. The van der Waals surface area contributed by atoms with Gasteiger partial charge >= 0.3 is 0 Å². The number of ketones is 1. The fourth-order valence-corrected chi connectivity index (χ4v) is 1.94. The minimum Gasteiger partial charge on any atom is -0.342 e. The highest BCUT2D eigenvalue weighted by Gasteiger charge is 2.20. The molecule has 3 nitrogen and oxygen atoms in total. The monoisotopic (exact) mass is 235 g/mol. The molecule has 0 bridgehead atoms. The number of nitrogens with zero attached hydrogens (tertiary/aromatic N) is 1. The molecule has 1 amide bonds. The summed E-state index contributed by atoms with van der Waals surface area (Å²) < 4.78 is 12.9. The molecule has 1 aliphatic heterocycles. The maximum atomic E-state index is 12.9. The Bertz CT molecular complexity index is 435. The third kappa shape index (κ3) is 3.12. The maximum absolute atomic E-state index is 12.9. The molecule has 0 saturated carbocycles. The molecule has 0 aromatic heterocycles. The highest BCUT2D eigenvalue weighted by atomic mass is 19.1. The number of hydrogen-bond donors (Lipinski definition) is 0. The lowest BCUT2D eigenvalue weighted by molar-refractivity contribution is -0.133. The van der Waals surface area contributed by atoms with Crippen LogP contribution < -0.4 is 0 Å². The van der Waals surface area contributed by atoms with Gasteiger partial charge in [0, 0.05) is 25.9 Å². The Balaban J connectivity index is 1.95. The lowest BCUT2D eigenvalue weighted by atomic mass is 10.1. The van der Waals surface area contributed by atoms with Crippen molar-refractivity contribution in [2.45, 2.75) is 19.3 Å². The largest absolute Gasteiger partial charge is 0.342 e. The number of benzene rings is 1. The quantitative estimate of drug-likeness (QED) is 0.780. The van der Waals surface area contributed by atoms with Crippen LogP contribution in [0.4, 0.5) is 4.39 Å². The van der Waals surface area contributed by atoms with E-state index >= 15 is 0 Å². The number of hydrogen-bond acceptors (Lipinski definition) is 2. The lowest BCUT2D eigenvalue weighted by Crippen LogP contribution is -2.39. The Labute approximate surface area is 99.2 Å². The predicted octanol–water partition coefficient (Wildman–Crippen LogP) is 1.56. The second-order valence-electron chi connectivity index (χ2n) is 4.23. The molecule has 0 atom stereocenters. The zero-order valence-corrected chi connectivity index (χ0v) is 9.49. The highest BCUT2D eigenvalue weighted by molar-refractivity contribution is 5.84. The van der Waals surface area contributed by atoms with Gasteiger partial charge in [0.1, 0.15) is 11.6 Å². The molecule has 90 valence electrons. The molecule has 1 fully saturated rings. The third-order valence-corrected chi connectivity index (χ3v) is 2.92. The number of carbonyl (C=O) groups excluding carboxylic acids is 2. The minimum atomic E-state index is -0.330. The topological polar surface area (TPSA) is 37.4 Å². The summed E-state index contributed by atoms with van der Waals surface area (Å²) in [6.45, 7) is 0.986. The molecule has 1 heterocycles. The van der Waals surface area contributed by atoms with Gasteiger partial charge in [0.15, 0.2) is 0 Å². The molecular formula is C13H14FNO2. The third-order valence-electron chi connectivity index (χ3n) is 2.92. The number of piperidine rings is 1. The maximum Gasteiger partial charge on any atom is 0.227 e. The van der Waals surface area contributed by atoms with E-state index in [1.54, 1.807) is 17.0 Å². The molecule has 1 saturated heterocycles. The second-order valence-corrected chi connectivity index (χ2v) is 4.23. The van der Waals surface area contributed by atoms with E-state index in [0.29, 0.717) is 31.5 Å². The van der Waals surface area contributed by atoms with Crippen LogP contribution in [0.25, 0.3) is 0 Å². The number of Topliss-reactive ketones (excluding diaryl/α,β-unsaturated/α-hetero) is 1. The van der Waals surface area contributed by atoms with Gasteiger partial charge in [-0.25, -0.2) is 4.39 Å². The van der Waals surface area contributed by atoms with Crippen molar-refractivity contribution < 1.29 is 14.0 Å². The SMILES string of the molecule is O=C1CCN(C(=O)Cc2cccc(F)c2)CC1. The smallest absolute Gasteiger partial charge is 0.227 e. The van der Waals surface area contributed by atoms with Crippen molar-refractivity contribution >= 4 is 11.7 Å². The molecule has 1 aromatic carbocycles. The molecule has 17 heavy (non-hydrogen) atoms. The van der Waals surface area contributed by atoms with Crippen molar-refractivity contribution in [3.63, 3.8) is 0 Å². The van der Waals surface area contributed by atoms with Crippen molar-refractivity contribution in [2.24, 2.45) is 0 Å². The number of likely N-dealkylation sites (tertiary alicyclic amines) is 1. The van der Waals surface area contributed by atoms with E-state index in [-0.39, 0.29) is 23.9 Å². The van der Waals surface area contributed by atoms with Gasteiger partial charge in [0.25, 0.3) is 0 Å². The molecule has 1 aromatic rings. The van der Waals surface area contributed by atoms with Crippen molar-refractivity contribution in [3.8, 4) is 0 Å². The van der Waals surface area contributed by atoms with Crippen molar-refractivity contribution in [1.82, 2.24) is 4.90 Å². The van der Waals surface area contributed by atoms with Crippen molar-refractivity contribution in [2.75, 3.05) is 13.1 Å². The fraction of sp³-hybridized carbons (Fsp3) is 0.385. The van der Waals surface area contributed by atoms with E-state index < -0.39 is 0 Å². The van der Waals surface area contributed by atoms with Gasteiger partial charge < -0.3 is 4.90 Å². The lowest BCUT2D eigenvalue weighted by Gasteiger charge is -2.26. The molecule has 0 unspecified atom stereocenters. The summed E-state index contributed by atoms with van der Waals surface area (Å²) >= 11 is 0. The summed E-state index contributed by atoms with van der Waals surface area (Å²) in [7, 11) is 0. The van der Waals surface area contributed by atoms with Crippen LogP contribution >= 0.6 is 0 Å². The average Bonchev–Trinajstić information content (AvgIpc) is 2.29. The van der Waals surface area contributed by atoms with E-state index in [1.165, 1.54) is 12.1 Å². The van der Waals surface area contributed by atoms with Crippen LogP contribution in [0.5, 0.6) is 0 Å². The van der Waals surface area contributed by atoms with Crippen LogP contribution in [0, 0.1) is 5.82 Å². The molecule has 0 radical (unpaired) electrons. The van der Waals surface area contributed by atoms with Gasteiger partial charge in [-0.3, -0.25) is 9.59 Å². The highest BCUT2D eigenvalue weighted by Crippen LogP contribution is 2.10. The Morgan fingerprint density at radius 2 is 2.00 bits per heavy atom. The molecular weight excluding hydrogens is 221 g/mol. The standard InChI is InChI=1S/C13H14FNO2/c14-11-3-1-2-10(8-11)9-13(17)15-6-4-12(16)5-7-15/h1-3,8H,4-7,9H2. The molecule has 0 aliphatic carbocycles. The van der Waals surface area contributed by atoms with Crippen LogP contribution in [-0.4, -0.2) is 29.7 Å².